The number of hydrogen-bond acceptors (Lipinski definition) is 3. The van der Waals surface area contributed by atoms with E-state index in [0.717, 1.165) is 0 Å². The quantitative estimate of drug-likeness (QED) is 0.519. The Hall–Kier alpha value is -0.540. The Kier molecular flexibility index (Phi) is 1.50. The second-order valence-electron chi connectivity index (χ2n) is 1.30. The maximum Gasteiger partial charge on any atom is 0.270 e. The van der Waals surface area contributed by atoms with Gasteiger partial charge in [0.15, 0.2) is 0 Å². The molecule has 44 valence electrons. The maximum absolute atomic E-state index is 10.2. The molecule has 1 rings (SSSR count). The molecule has 0 spiro atoms. The van der Waals surface area contributed by atoms with Crippen LogP contribution in [0.4, 0.5) is 0 Å². The number of nitrogens with one attached hydrogen (secondary N) is 1. The molecule has 0 fully saturated rings. The van der Waals surface area contributed by atoms with Crippen LogP contribution in [0.2, 0.25) is 0 Å². The summed E-state index contributed by atoms with van der Waals surface area (Å²) in [5.41, 5.74) is 2.66. The number of rotatable bonds is 1. The van der Waals surface area contributed by atoms with Crippen LogP contribution in [0.1, 0.15) is 0 Å². The first-order valence-corrected chi connectivity index (χ1v) is 2.46. The fourth-order valence-electron chi connectivity index (χ4n) is 0.406. The molecule has 0 bridgehead atoms. The van der Waals surface area contributed by atoms with Crippen LogP contribution >= 0.6 is 11.6 Å². The molecule has 0 aromatic carbocycles. The minimum Gasteiger partial charge on any atom is -0.274 e. The third-order valence-corrected chi connectivity index (χ3v) is 0.968. The van der Waals surface area contributed by atoms with Crippen LogP contribution in [0.3, 0.4) is 0 Å². The Morgan fingerprint density at radius 1 is 2.00 bits per heavy atom. The molecule has 1 aliphatic rings. The molecule has 0 atom stereocenters. The molecule has 1 N–H and O–H groups in total. The van der Waals surface area contributed by atoms with Crippen LogP contribution in [0.5, 0.6) is 0 Å². The van der Waals surface area contributed by atoms with Crippen LogP contribution in [0.25, 0.3) is 0 Å². The average molecular weight is 134 g/mol. The Morgan fingerprint density at radius 2 is 2.75 bits per heavy atom. The van der Waals surface area contributed by atoms with Crippen molar-refractivity contribution in [2.24, 2.45) is 0 Å². The summed E-state index contributed by atoms with van der Waals surface area (Å²) in [6.45, 7) is 0.411. The first-order chi connectivity index (χ1) is 3.80. The largest absolute Gasteiger partial charge is 0.274 e. The van der Waals surface area contributed by atoms with E-state index in [9.17, 15) is 4.79 Å². The number of allylic oxidation sites excluding steroid dienone is 1. The van der Waals surface area contributed by atoms with Crippen molar-refractivity contribution >= 4 is 16.8 Å². The highest BCUT2D eigenvalue weighted by atomic mass is 35.5. The molecular weight excluding hydrogens is 130 g/mol. The van der Waals surface area contributed by atoms with Gasteiger partial charge in [-0.1, -0.05) is 0 Å². The number of hydrogen-bond donors (Lipinski definition) is 1. The van der Waals surface area contributed by atoms with Crippen LogP contribution in [0, 0.1) is 0 Å². The minimum absolute atomic E-state index is 0.326. The van der Waals surface area contributed by atoms with Gasteiger partial charge < -0.3 is 0 Å². The van der Waals surface area contributed by atoms with Crippen molar-refractivity contribution in [2.75, 3.05) is 6.61 Å². The zero-order valence-electron chi connectivity index (χ0n) is 3.98. The maximum atomic E-state index is 10.2. The van der Waals surface area contributed by atoms with Crippen LogP contribution < -0.4 is 5.48 Å². The first-order valence-electron chi connectivity index (χ1n) is 2.08. The van der Waals surface area contributed by atoms with Crippen molar-refractivity contribution < 1.29 is 9.63 Å². The molecule has 0 aromatic rings. The van der Waals surface area contributed by atoms with E-state index < -0.39 is 5.24 Å². The summed E-state index contributed by atoms with van der Waals surface area (Å²) in [6.07, 6.45) is 1.58. The Bertz CT molecular complexity index is 143. The van der Waals surface area contributed by atoms with E-state index in [2.05, 4.69) is 10.3 Å². The van der Waals surface area contributed by atoms with E-state index in [4.69, 9.17) is 11.6 Å². The van der Waals surface area contributed by atoms with E-state index in [1.807, 2.05) is 0 Å². The summed E-state index contributed by atoms with van der Waals surface area (Å²) >= 11 is 5.03. The molecule has 8 heavy (non-hydrogen) atoms. The van der Waals surface area contributed by atoms with Crippen molar-refractivity contribution in [2.45, 2.75) is 0 Å². The molecule has 0 saturated heterocycles. The molecule has 0 unspecified atom stereocenters. The smallest absolute Gasteiger partial charge is 0.270 e. The molecule has 0 saturated carbocycles. The standard InChI is InChI=1S/C4H4ClNO2/c5-4(7)3-1-2-8-6-3/h1,6H,2H2. The molecule has 0 amide bonds. The molecule has 0 aromatic heterocycles. The first kappa shape index (κ1) is 5.59. The highest BCUT2D eigenvalue weighted by molar-refractivity contribution is 6.67. The van der Waals surface area contributed by atoms with Gasteiger partial charge in [0.1, 0.15) is 5.70 Å². The topological polar surface area (TPSA) is 38.3 Å². The lowest BCUT2D eigenvalue weighted by Gasteiger charge is -1.92. The minimum atomic E-state index is -0.512. The number of hydroxylamine groups is 1. The third kappa shape index (κ3) is 0.993. The van der Waals surface area contributed by atoms with Crippen molar-refractivity contribution in [1.82, 2.24) is 5.48 Å². The van der Waals surface area contributed by atoms with Gasteiger partial charge in [-0.05, 0) is 17.7 Å². The summed E-state index contributed by atoms with van der Waals surface area (Å²) in [7, 11) is 0. The second-order valence-corrected chi connectivity index (χ2v) is 1.65. The molecule has 3 nitrogen and oxygen atoms in total. The monoisotopic (exact) mass is 133 g/mol. The van der Waals surface area contributed by atoms with Crippen molar-refractivity contribution in [1.29, 1.82) is 0 Å². The predicted octanol–water partition coefficient (Wildman–Crippen LogP) is 0.170. The van der Waals surface area contributed by atoms with E-state index in [0.29, 0.717) is 12.3 Å². The zero-order chi connectivity index (χ0) is 5.98. The molecule has 0 radical (unpaired) electrons. The second kappa shape index (κ2) is 2.15. The third-order valence-electron chi connectivity index (χ3n) is 0.765. The molecule has 0 aliphatic carbocycles. The summed E-state index contributed by atoms with van der Waals surface area (Å²) in [5, 5.41) is -0.512. The van der Waals surface area contributed by atoms with Crippen molar-refractivity contribution in [3.63, 3.8) is 0 Å². The molecule has 1 heterocycles. The van der Waals surface area contributed by atoms with Gasteiger partial charge in [-0.25, -0.2) is 0 Å². The van der Waals surface area contributed by atoms with E-state index in [1.54, 1.807) is 6.08 Å². The van der Waals surface area contributed by atoms with Crippen molar-refractivity contribution in [3.8, 4) is 0 Å². The van der Waals surface area contributed by atoms with Gasteiger partial charge in [0.05, 0.1) is 6.61 Å². The Labute approximate surface area is 51.2 Å². The molecule has 4 heteroatoms. The fraction of sp³-hybridized carbons (Fsp3) is 0.250. The molecular formula is C4H4ClNO2. The van der Waals surface area contributed by atoms with Crippen LogP contribution in [-0.2, 0) is 9.63 Å². The van der Waals surface area contributed by atoms with Gasteiger partial charge in [-0.3, -0.25) is 15.1 Å². The van der Waals surface area contributed by atoms with Gasteiger partial charge in [0.25, 0.3) is 5.24 Å². The van der Waals surface area contributed by atoms with Gasteiger partial charge in [0, 0.05) is 0 Å². The van der Waals surface area contributed by atoms with Gasteiger partial charge >= 0.3 is 0 Å². The van der Waals surface area contributed by atoms with Crippen molar-refractivity contribution in [3.05, 3.63) is 11.8 Å². The predicted molar refractivity (Wildman–Crippen MR) is 28.0 cm³/mol. The van der Waals surface area contributed by atoms with Gasteiger partial charge in [-0.15, -0.1) is 0 Å². The zero-order valence-corrected chi connectivity index (χ0v) is 4.73. The SMILES string of the molecule is O=C(Cl)C1=CCON1. The summed E-state index contributed by atoms with van der Waals surface area (Å²) in [6, 6.07) is 0. The Balaban J connectivity index is 2.57. The molecule has 1 aliphatic heterocycles. The normalized spacial score (nSPS) is 17.4. The van der Waals surface area contributed by atoms with Crippen LogP contribution in [-0.4, -0.2) is 11.8 Å². The highest BCUT2D eigenvalue weighted by Gasteiger charge is 2.08. The lowest BCUT2D eigenvalue weighted by atomic mass is 10.5. The van der Waals surface area contributed by atoms with Gasteiger partial charge in [0.2, 0.25) is 0 Å². The summed E-state index contributed by atoms with van der Waals surface area (Å²) in [5.74, 6) is 0. The lowest BCUT2D eigenvalue weighted by Crippen LogP contribution is -2.10. The summed E-state index contributed by atoms with van der Waals surface area (Å²) < 4.78 is 0. The summed E-state index contributed by atoms with van der Waals surface area (Å²) in [4.78, 5) is 14.8. The number of carbonyl (C=O) groups is 1. The van der Waals surface area contributed by atoms with E-state index >= 15 is 0 Å². The van der Waals surface area contributed by atoms with Gasteiger partial charge in [-0.2, -0.15) is 0 Å². The number of halogens is 1. The number of carbonyl (C=O) groups excluding carboxylic acids is 1. The van der Waals surface area contributed by atoms with E-state index in [1.165, 1.54) is 0 Å². The van der Waals surface area contributed by atoms with E-state index in [-0.39, 0.29) is 0 Å². The van der Waals surface area contributed by atoms with Crippen LogP contribution in [0.15, 0.2) is 11.8 Å². The Morgan fingerprint density at radius 3 is 3.00 bits per heavy atom. The lowest BCUT2D eigenvalue weighted by molar-refractivity contribution is -0.109. The fourth-order valence-corrected chi connectivity index (χ4v) is 0.522. The average Bonchev–Trinajstić information content (AvgIpc) is 2.12. The highest BCUT2D eigenvalue weighted by Crippen LogP contribution is 2.00.